The van der Waals surface area contributed by atoms with E-state index in [4.69, 9.17) is 20.9 Å². The summed E-state index contributed by atoms with van der Waals surface area (Å²) < 4.78 is 10.8. The minimum absolute atomic E-state index is 0.00769. The summed E-state index contributed by atoms with van der Waals surface area (Å²) >= 11 is 5.78. The van der Waals surface area contributed by atoms with Crippen LogP contribution in [0, 0.1) is 13.8 Å². The number of hydrogen-bond acceptors (Lipinski definition) is 5. The molecule has 1 aliphatic rings. The van der Waals surface area contributed by atoms with Gasteiger partial charge in [0.2, 0.25) is 11.8 Å². The molecule has 0 aromatic carbocycles. The molecule has 0 aliphatic carbocycles. The van der Waals surface area contributed by atoms with Gasteiger partial charge in [0, 0.05) is 24.2 Å². The number of halogens is 1. The van der Waals surface area contributed by atoms with Crippen molar-refractivity contribution in [3.8, 4) is 5.88 Å². The highest BCUT2D eigenvalue weighted by Crippen LogP contribution is 2.20. The van der Waals surface area contributed by atoms with Crippen LogP contribution in [0.3, 0.4) is 0 Å². The van der Waals surface area contributed by atoms with Crippen LogP contribution in [0.2, 0.25) is 5.02 Å². The van der Waals surface area contributed by atoms with Gasteiger partial charge in [-0.25, -0.2) is 4.98 Å². The zero-order chi connectivity index (χ0) is 16.4. The Morgan fingerprint density at radius 1 is 1.43 bits per heavy atom. The normalized spacial score (nSPS) is 14.7. The lowest BCUT2D eigenvalue weighted by Gasteiger charge is -2.38. The van der Waals surface area contributed by atoms with Crippen molar-refractivity contribution in [2.24, 2.45) is 0 Å². The van der Waals surface area contributed by atoms with Crippen molar-refractivity contribution in [2.75, 3.05) is 13.1 Å². The van der Waals surface area contributed by atoms with Gasteiger partial charge in [-0.1, -0.05) is 16.8 Å². The maximum absolute atomic E-state index is 12.2. The molecule has 1 aliphatic heterocycles. The first-order chi connectivity index (χ1) is 11.0. The number of nitrogens with zero attached hydrogens (tertiary/aromatic N) is 3. The monoisotopic (exact) mass is 335 g/mol. The van der Waals surface area contributed by atoms with Gasteiger partial charge in [-0.3, -0.25) is 4.79 Å². The van der Waals surface area contributed by atoms with E-state index in [-0.39, 0.29) is 12.0 Å². The lowest BCUT2D eigenvalue weighted by Crippen LogP contribution is -2.56. The summed E-state index contributed by atoms with van der Waals surface area (Å²) in [7, 11) is 0. The molecule has 1 fully saturated rings. The molecule has 0 spiro atoms. The molecular formula is C16H18ClN3O3. The molecule has 0 bridgehead atoms. The number of rotatable bonds is 5. The molecule has 1 amide bonds. The molecule has 3 rings (SSSR count). The number of hydrogen-bond donors (Lipinski definition) is 0. The Morgan fingerprint density at radius 3 is 2.83 bits per heavy atom. The van der Waals surface area contributed by atoms with E-state index < -0.39 is 0 Å². The number of amides is 1. The maximum atomic E-state index is 12.2. The van der Waals surface area contributed by atoms with Crippen molar-refractivity contribution in [3.63, 3.8) is 0 Å². The Bertz CT molecular complexity index is 674. The number of aromatic nitrogens is 2. The molecule has 2 aromatic rings. The first kappa shape index (κ1) is 15.8. The SMILES string of the molecule is Cc1noc(C)c1CCC(=O)N1CC(Oc2ccc(Cl)cn2)C1. The predicted octanol–water partition coefficient (Wildman–Crippen LogP) is 2.56. The highest BCUT2D eigenvalue weighted by atomic mass is 35.5. The second kappa shape index (κ2) is 6.58. The highest BCUT2D eigenvalue weighted by Gasteiger charge is 2.32. The molecular weight excluding hydrogens is 318 g/mol. The van der Waals surface area contributed by atoms with Gasteiger partial charge in [0.25, 0.3) is 0 Å². The van der Waals surface area contributed by atoms with E-state index in [2.05, 4.69) is 10.1 Å². The quantitative estimate of drug-likeness (QED) is 0.840. The first-order valence-electron chi connectivity index (χ1n) is 7.50. The van der Waals surface area contributed by atoms with Gasteiger partial charge >= 0.3 is 0 Å². The average Bonchev–Trinajstić information content (AvgIpc) is 2.81. The lowest BCUT2D eigenvalue weighted by atomic mass is 10.1. The van der Waals surface area contributed by atoms with Crippen LogP contribution in [-0.2, 0) is 11.2 Å². The van der Waals surface area contributed by atoms with E-state index in [0.29, 0.717) is 36.8 Å². The van der Waals surface area contributed by atoms with Crippen molar-refractivity contribution in [1.29, 1.82) is 0 Å². The number of ether oxygens (including phenoxy) is 1. The summed E-state index contributed by atoms with van der Waals surface area (Å²) in [6.07, 6.45) is 2.64. The number of carbonyl (C=O) groups is 1. The van der Waals surface area contributed by atoms with E-state index >= 15 is 0 Å². The van der Waals surface area contributed by atoms with Crippen LogP contribution in [0.4, 0.5) is 0 Å². The molecule has 1 saturated heterocycles. The van der Waals surface area contributed by atoms with Crippen LogP contribution < -0.4 is 4.74 Å². The van der Waals surface area contributed by atoms with Crippen molar-refractivity contribution in [3.05, 3.63) is 40.4 Å². The Labute approximate surface area is 139 Å². The summed E-state index contributed by atoms with van der Waals surface area (Å²) in [6, 6.07) is 3.46. The molecule has 0 N–H and O–H groups in total. The van der Waals surface area contributed by atoms with Crippen molar-refractivity contribution in [2.45, 2.75) is 32.8 Å². The van der Waals surface area contributed by atoms with E-state index in [0.717, 1.165) is 17.0 Å². The molecule has 7 heteroatoms. The zero-order valence-corrected chi connectivity index (χ0v) is 13.8. The van der Waals surface area contributed by atoms with Crippen LogP contribution in [0.5, 0.6) is 5.88 Å². The third kappa shape index (κ3) is 3.64. The first-order valence-corrected chi connectivity index (χ1v) is 7.88. The van der Waals surface area contributed by atoms with Gasteiger partial charge in [-0.2, -0.15) is 0 Å². The molecule has 0 unspecified atom stereocenters. The molecule has 0 saturated carbocycles. The molecule has 3 heterocycles. The van der Waals surface area contributed by atoms with E-state index in [9.17, 15) is 4.79 Å². The van der Waals surface area contributed by atoms with Gasteiger partial charge in [0.15, 0.2) is 0 Å². The average molecular weight is 336 g/mol. The number of carbonyl (C=O) groups excluding carboxylic acids is 1. The topological polar surface area (TPSA) is 68.5 Å². The van der Waals surface area contributed by atoms with Gasteiger partial charge in [-0.05, 0) is 26.3 Å². The standard InChI is InChI=1S/C16H18ClN3O3/c1-10-14(11(2)23-19-10)4-6-16(21)20-8-13(9-20)22-15-5-3-12(17)7-18-15/h3,5,7,13H,4,6,8-9H2,1-2H3. The number of likely N-dealkylation sites (tertiary alicyclic amines) is 1. The fourth-order valence-corrected chi connectivity index (χ4v) is 2.68. The fraction of sp³-hybridized carbons (Fsp3) is 0.438. The van der Waals surface area contributed by atoms with Crippen LogP contribution in [0.25, 0.3) is 0 Å². The van der Waals surface area contributed by atoms with Crippen molar-refractivity contribution < 1.29 is 14.1 Å². The van der Waals surface area contributed by atoms with Crippen LogP contribution in [0.1, 0.15) is 23.4 Å². The summed E-state index contributed by atoms with van der Waals surface area (Å²) in [6.45, 7) is 4.94. The van der Waals surface area contributed by atoms with Crippen LogP contribution in [-0.4, -0.2) is 40.1 Å². The lowest BCUT2D eigenvalue weighted by molar-refractivity contribution is -0.140. The molecule has 122 valence electrons. The van der Waals surface area contributed by atoms with Gasteiger partial charge < -0.3 is 14.2 Å². The molecule has 2 aromatic heterocycles. The Morgan fingerprint density at radius 2 is 2.22 bits per heavy atom. The fourth-order valence-electron chi connectivity index (χ4n) is 2.57. The zero-order valence-electron chi connectivity index (χ0n) is 13.1. The summed E-state index contributed by atoms with van der Waals surface area (Å²) in [5, 5.41) is 4.47. The minimum Gasteiger partial charge on any atom is -0.471 e. The van der Waals surface area contributed by atoms with Gasteiger partial charge in [0.05, 0.1) is 23.8 Å². The predicted molar refractivity (Wildman–Crippen MR) is 84.5 cm³/mol. The van der Waals surface area contributed by atoms with E-state index in [1.54, 1.807) is 23.2 Å². The molecule has 0 radical (unpaired) electrons. The van der Waals surface area contributed by atoms with E-state index in [1.807, 2.05) is 13.8 Å². The van der Waals surface area contributed by atoms with Crippen molar-refractivity contribution in [1.82, 2.24) is 15.0 Å². The summed E-state index contributed by atoms with van der Waals surface area (Å²) in [5.74, 6) is 1.44. The van der Waals surface area contributed by atoms with Gasteiger partial charge in [0.1, 0.15) is 11.9 Å². The second-order valence-corrected chi connectivity index (χ2v) is 6.09. The molecule has 23 heavy (non-hydrogen) atoms. The Balaban J connectivity index is 1.44. The van der Waals surface area contributed by atoms with Crippen LogP contribution >= 0.6 is 11.6 Å². The molecule has 0 atom stereocenters. The smallest absolute Gasteiger partial charge is 0.223 e. The van der Waals surface area contributed by atoms with Gasteiger partial charge in [-0.15, -0.1) is 0 Å². The minimum atomic E-state index is -0.00769. The number of pyridine rings is 1. The third-order valence-corrected chi connectivity index (χ3v) is 4.18. The number of aryl methyl sites for hydroxylation is 2. The summed E-state index contributed by atoms with van der Waals surface area (Å²) in [5.41, 5.74) is 1.88. The van der Waals surface area contributed by atoms with Crippen LogP contribution in [0.15, 0.2) is 22.9 Å². The summed E-state index contributed by atoms with van der Waals surface area (Å²) in [4.78, 5) is 18.0. The van der Waals surface area contributed by atoms with Crippen molar-refractivity contribution >= 4 is 17.5 Å². The second-order valence-electron chi connectivity index (χ2n) is 5.66. The largest absolute Gasteiger partial charge is 0.471 e. The Hall–Kier alpha value is -2.08. The Kier molecular flexibility index (Phi) is 4.52. The molecule has 6 nitrogen and oxygen atoms in total. The highest BCUT2D eigenvalue weighted by molar-refractivity contribution is 6.30. The third-order valence-electron chi connectivity index (χ3n) is 3.96. The van der Waals surface area contributed by atoms with E-state index in [1.165, 1.54) is 0 Å². The maximum Gasteiger partial charge on any atom is 0.223 e.